The molecule has 26 heavy (non-hydrogen) atoms. The molecular weight excluding hydrogens is 366 g/mol. The van der Waals surface area contributed by atoms with Crippen molar-refractivity contribution in [3.05, 3.63) is 51.2 Å². The molecule has 1 aromatic carbocycles. The highest BCUT2D eigenvalue weighted by Gasteiger charge is 2.28. The van der Waals surface area contributed by atoms with E-state index in [4.69, 9.17) is 11.6 Å². The lowest BCUT2D eigenvalue weighted by Crippen LogP contribution is -2.48. The number of piperidine rings is 1. The molecule has 0 unspecified atom stereocenters. The van der Waals surface area contributed by atoms with Gasteiger partial charge in [0.25, 0.3) is 0 Å². The fraction of sp³-hybridized carbons (Fsp3) is 0.450. The number of aryl methyl sites for hydroxylation is 1. The average Bonchev–Trinajstić information content (AvgIpc) is 3.16. The van der Waals surface area contributed by atoms with Crippen molar-refractivity contribution in [3.8, 4) is 0 Å². The summed E-state index contributed by atoms with van der Waals surface area (Å²) >= 11 is 7.80. The molecule has 140 valence electrons. The maximum Gasteiger partial charge on any atom is 0.322 e. The zero-order valence-corrected chi connectivity index (χ0v) is 16.9. The van der Waals surface area contributed by atoms with E-state index in [2.05, 4.69) is 28.6 Å². The minimum Gasteiger partial charge on any atom is -0.316 e. The van der Waals surface area contributed by atoms with E-state index < -0.39 is 0 Å². The number of benzene rings is 1. The molecule has 0 atom stereocenters. The van der Waals surface area contributed by atoms with Crippen LogP contribution in [0.1, 0.15) is 30.2 Å². The largest absolute Gasteiger partial charge is 0.322 e. The quantitative estimate of drug-likeness (QED) is 0.757. The standard InChI is InChI=1S/C20H26ClN3OS/c1-3-23-10-8-17(9-11-23)24(14-18-5-4-12-26-18)20(25)22-19-13-16(21)7-6-15(19)2/h4-7,12-13,17H,3,8-11,14H2,1-2H3,(H,22,25). The molecule has 1 N–H and O–H groups in total. The summed E-state index contributed by atoms with van der Waals surface area (Å²) in [6, 6.07) is 9.95. The Morgan fingerprint density at radius 1 is 1.35 bits per heavy atom. The van der Waals surface area contributed by atoms with Crippen LogP contribution in [0.15, 0.2) is 35.7 Å². The third kappa shape index (κ3) is 4.78. The second kappa shape index (κ2) is 8.89. The van der Waals surface area contributed by atoms with Gasteiger partial charge in [0.15, 0.2) is 0 Å². The summed E-state index contributed by atoms with van der Waals surface area (Å²) in [5, 5.41) is 5.77. The molecular formula is C20H26ClN3OS. The number of amides is 2. The number of thiophene rings is 1. The molecule has 0 radical (unpaired) electrons. The summed E-state index contributed by atoms with van der Waals surface area (Å²) in [6.07, 6.45) is 2.03. The molecule has 2 amide bonds. The van der Waals surface area contributed by atoms with Crippen LogP contribution < -0.4 is 5.32 Å². The molecule has 1 aromatic heterocycles. The van der Waals surface area contributed by atoms with Crippen LogP contribution in [-0.2, 0) is 6.54 Å². The number of nitrogens with zero attached hydrogens (tertiary/aromatic N) is 2. The Balaban J connectivity index is 1.75. The van der Waals surface area contributed by atoms with Gasteiger partial charge in [-0.15, -0.1) is 11.3 Å². The molecule has 4 nitrogen and oxygen atoms in total. The zero-order valence-electron chi connectivity index (χ0n) is 15.4. The zero-order chi connectivity index (χ0) is 18.5. The Hall–Kier alpha value is -1.56. The normalized spacial score (nSPS) is 15.8. The minimum absolute atomic E-state index is 0.0429. The van der Waals surface area contributed by atoms with Gasteiger partial charge in [-0.05, 0) is 55.5 Å². The van der Waals surface area contributed by atoms with Gasteiger partial charge in [0.1, 0.15) is 0 Å². The summed E-state index contributed by atoms with van der Waals surface area (Å²) in [5.41, 5.74) is 1.80. The van der Waals surface area contributed by atoms with Crippen LogP contribution in [0.5, 0.6) is 0 Å². The molecule has 0 bridgehead atoms. The predicted molar refractivity (Wildman–Crippen MR) is 110 cm³/mol. The number of carbonyl (C=O) groups excluding carboxylic acids is 1. The average molecular weight is 392 g/mol. The third-order valence-electron chi connectivity index (χ3n) is 5.05. The van der Waals surface area contributed by atoms with Crippen molar-refractivity contribution >= 4 is 34.7 Å². The van der Waals surface area contributed by atoms with Crippen molar-refractivity contribution in [2.75, 3.05) is 25.0 Å². The van der Waals surface area contributed by atoms with Crippen molar-refractivity contribution in [3.63, 3.8) is 0 Å². The van der Waals surface area contributed by atoms with Crippen LogP contribution in [0, 0.1) is 6.92 Å². The Morgan fingerprint density at radius 2 is 2.12 bits per heavy atom. The first kappa shape index (κ1) is 19.2. The second-order valence-electron chi connectivity index (χ2n) is 6.76. The van der Waals surface area contributed by atoms with E-state index >= 15 is 0 Å². The highest BCUT2D eigenvalue weighted by Crippen LogP contribution is 2.24. The van der Waals surface area contributed by atoms with Crippen LogP contribution in [0.2, 0.25) is 5.02 Å². The van der Waals surface area contributed by atoms with Crippen molar-refractivity contribution in [1.82, 2.24) is 9.80 Å². The molecule has 1 aliphatic heterocycles. The predicted octanol–water partition coefficient (Wildman–Crippen LogP) is 5.23. The lowest BCUT2D eigenvalue weighted by atomic mass is 10.0. The number of hydrogen-bond acceptors (Lipinski definition) is 3. The first-order valence-corrected chi connectivity index (χ1v) is 10.4. The molecule has 3 rings (SSSR count). The Bertz CT molecular complexity index is 727. The molecule has 1 fully saturated rings. The van der Waals surface area contributed by atoms with E-state index in [1.165, 1.54) is 4.88 Å². The Kier molecular flexibility index (Phi) is 6.57. The van der Waals surface area contributed by atoms with Gasteiger partial charge >= 0.3 is 6.03 Å². The fourth-order valence-corrected chi connectivity index (χ4v) is 4.28. The van der Waals surface area contributed by atoms with Crippen LogP contribution in [0.4, 0.5) is 10.5 Å². The van der Waals surface area contributed by atoms with E-state index in [1.54, 1.807) is 11.3 Å². The van der Waals surface area contributed by atoms with Gasteiger partial charge in [0.2, 0.25) is 0 Å². The van der Waals surface area contributed by atoms with E-state index in [9.17, 15) is 4.79 Å². The summed E-state index contributed by atoms with van der Waals surface area (Å²) < 4.78 is 0. The molecule has 1 saturated heterocycles. The van der Waals surface area contributed by atoms with Crippen molar-refractivity contribution in [2.45, 2.75) is 39.3 Å². The monoisotopic (exact) mass is 391 g/mol. The summed E-state index contributed by atoms with van der Waals surface area (Å²) in [5.74, 6) is 0. The number of urea groups is 1. The Morgan fingerprint density at radius 3 is 2.77 bits per heavy atom. The molecule has 0 spiro atoms. The van der Waals surface area contributed by atoms with Crippen LogP contribution in [0.3, 0.4) is 0 Å². The van der Waals surface area contributed by atoms with Crippen molar-refractivity contribution in [1.29, 1.82) is 0 Å². The number of rotatable bonds is 5. The van der Waals surface area contributed by atoms with E-state index in [0.717, 1.165) is 43.7 Å². The molecule has 1 aliphatic rings. The first-order chi connectivity index (χ1) is 12.6. The molecule has 2 aromatic rings. The summed E-state index contributed by atoms with van der Waals surface area (Å²) in [6.45, 7) is 8.00. The van der Waals surface area contributed by atoms with Gasteiger partial charge in [-0.2, -0.15) is 0 Å². The Labute approximate surface area is 164 Å². The first-order valence-electron chi connectivity index (χ1n) is 9.15. The number of likely N-dealkylation sites (tertiary alicyclic amines) is 1. The van der Waals surface area contributed by atoms with E-state index in [0.29, 0.717) is 11.6 Å². The maximum absolute atomic E-state index is 13.1. The highest BCUT2D eigenvalue weighted by molar-refractivity contribution is 7.09. The topological polar surface area (TPSA) is 35.6 Å². The number of anilines is 1. The molecule has 2 heterocycles. The van der Waals surface area contributed by atoms with Gasteiger partial charge < -0.3 is 15.1 Å². The smallest absolute Gasteiger partial charge is 0.316 e. The minimum atomic E-state index is -0.0429. The lowest BCUT2D eigenvalue weighted by molar-refractivity contribution is 0.127. The number of carbonyl (C=O) groups is 1. The SMILES string of the molecule is CCN1CCC(N(Cc2cccs2)C(=O)Nc2cc(Cl)ccc2C)CC1. The molecule has 6 heteroatoms. The second-order valence-corrected chi connectivity index (χ2v) is 8.23. The fourth-order valence-electron chi connectivity index (χ4n) is 3.40. The highest BCUT2D eigenvalue weighted by atomic mass is 35.5. The van der Waals surface area contributed by atoms with Crippen molar-refractivity contribution in [2.24, 2.45) is 0 Å². The lowest BCUT2D eigenvalue weighted by Gasteiger charge is -2.38. The number of nitrogens with one attached hydrogen (secondary N) is 1. The van der Waals surface area contributed by atoms with E-state index in [1.807, 2.05) is 36.1 Å². The third-order valence-corrected chi connectivity index (χ3v) is 6.15. The molecule has 0 saturated carbocycles. The van der Waals surface area contributed by atoms with Gasteiger partial charge in [0, 0.05) is 34.7 Å². The van der Waals surface area contributed by atoms with Gasteiger partial charge in [-0.3, -0.25) is 0 Å². The van der Waals surface area contributed by atoms with Crippen molar-refractivity contribution < 1.29 is 4.79 Å². The van der Waals surface area contributed by atoms with Crippen LogP contribution in [-0.4, -0.2) is 41.5 Å². The summed E-state index contributed by atoms with van der Waals surface area (Å²) in [4.78, 5) is 18.8. The van der Waals surface area contributed by atoms with Crippen LogP contribution in [0.25, 0.3) is 0 Å². The van der Waals surface area contributed by atoms with E-state index in [-0.39, 0.29) is 12.1 Å². The van der Waals surface area contributed by atoms with Gasteiger partial charge in [-0.1, -0.05) is 30.7 Å². The summed E-state index contributed by atoms with van der Waals surface area (Å²) in [7, 11) is 0. The van der Waals surface area contributed by atoms with Gasteiger partial charge in [-0.25, -0.2) is 4.79 Å². The molecule has 0 aliphatic carbocycles. The number of hydrogen-bond donors (Lipinski definition) is 1. The van der Waals surface area contributed by atoms with Gasteiger partial charge in [0.05, 0.1) is 6.54 Å². The number of halogens is 1. The maximum atomic E-state index is 13.1. The van der Waals surface area contributed by atoms with Crippen LogP contribution >= 0.6 is 22.9 Å².